The molecule has 0 radical (unpaired) electrons. The van der Waals surface area contributed by atoms with Crippen LogP contribution in [-0.2, 0) is 13.7 Å². The molecule has 0 saturated carbocycles. The van der Waals surface area contributed by atoms with Gasteiger partial charge < -0.3 is 14.4 Å². The Bertz CT molecular complexity index is 811. The number of carboxylic acid groups (broad SMARTS) is 1. The Morgan fingerprint density at radius 3 is 2.81 bits per heavy atom. The molecule has 0 aliphatic carbocycles. The summed E-state index contributed by atoms with van der Waals surface area (Å²) in [6.07, 6.45) is 1.57. The van der Waals surface area contributed by atoms with Crippen LogP contribution in [0.15, 0.2) is 42.7 Å². The lowest BCUT2D eigenvalue weighted by atomic mass is 10.1. The van der Waals surface area contributed by atoms with Gasteiger partial charge in [-0.1, -0.05) is 30.3 Å². The molecule has 0 unspecified atom stereocenters. The number of rotatable bonds is 4. The molecule has 0 amide bonds. The lowest BCUT2D eigenvalue weighted by Crippen LogP contribution is -2.07. The Morgan fingerprint density at radius 1 is 1.29 bits per heavy atom. The number of aryl methyl sites for hydroxylation is 1. The molecule has 1 N–H and O–H groups in total. The van der Waals surface area contributed by atoms with Crippen molar-refractivity contribution < 1.29 is 14.6 Å². The molecule has 0 saturated heterocycles. The highest BCUT2D eigenvalue weighted by Crippen LogP contribution is 2.30. The van der Waals surface area contributed by atoms with Crippen molar-refractivity contribution >= 4 is 16.7 Å². The Morgan fingerprint density at radius 2 is 2.10 bits per heavy atom. The zero-order valence-corrected chi connectivity index (χ0v) is 11.4. The van der Waals surface area contributed by atoms with E-state index in [-0.39, 0.29) is 12.2 Å². The van der Waals surface area contributed by atoms with Crippen molar-refractivity contribution in [2.24, 2.45) is 7.05 Å². The number of fused-ring (bicyclic) bond motifs is 1. The average molecular weight is 283 g/mol. The molecule has 1 aromatic heterocycles. The van der Waals surface area contributed by atoms with Crippen LogP contribution in [0.5, 0.6) is 5.75 Å². The van der Waals surface area contributed by atoms with Gasteiger partial charge in [-0.05, 0) is 11.5 Å². The molecular formula is C15H13N3O3. The summed E-state index contributed by atoms with van der Waals surface area (Å²) in [5.41, 5.74) is 0.135. The Balaban J connectivity index is 2.04. The van der Waals surface area contributed by atoms with E-state index in [9.17, 15) is 9.90 Å². The maximum absolute atomic E-state index is 11.4. The number of carbonyl (C=O) groups is 1. The van der Waals surface area contributed by atoms with E-state index in [0.29, 0.717) is 11.6 Å². The highest BCUT2D eigenvalue weighted by molar-refractivity contribution is 6.00. The van der Waals surface area contributed by atoms with Crippen molar-refractivity contribution in [3.05, 3.63) is 54.1 Å². The topological polar surface area (TPSA) is 77.2 Å². The molecule has 106 valence electrons. The third kappa shape index (κ3) is 2.43. The molecule has 0 aliphatic rings. The van der Waals surface area contributed by atoms with Gasteiger partial charge in [0.2, 0.25) is 0 Å². The first-order chi connectivity index (χ1) is 10.2. The third-order valence-corrected chi connectivity index (χ3v) is 3.26. The second-order valence-electron chi connectivity index (χ2n) is 4.62. The van der Waals surface area contributed by atoms with Gasteiger partial charge in [0, 0.05) is 12.4 Å². The van der Waals surface area contributed by atoms with Gasteiger partial charge in [0.1, 0.15) is 24.2 Å². The summed E-state index contributed by atoms with van der Waals surface area (Å²) >= 11 is 0. The number of hydrogen-bond acceptors (Lipinski definition) is 4. The van der Waals surface area contributed by atoms with Gasteiger partial charge >= 0.3 is 5.97 Å². The van der Waals surface area contributed by atoms with Crippen LogP contribution in [-0.4, -0.2) is 25.8 Å². The van der Waals surface area contributed by atoms with Gasteiger partial charge in [-0.3, -0.25) is 0 Å². The standard InChI is InChI=1S/C15H13N3O3/c1-18-9-16-17-13(18)8-21-14-11-5-3-2-4-10(11)6-7-12(14)15(19)20/h2-7,9H,8H2,1H3,(H,19,20). The zero-order chi connectivity index (χ0) is 14.8. The quantitative estimate of drug-likeness (QED) is 0.794. The van der Waals surface area contributed by atoms with Crippen molar-refractivity contribution in [2.75, 3.05) is 0 Å². The molecule has 1 heterocycles. The lowest BCUT2D eigenvalue weighted by molar-refractivity contribution is 0.0692. The number of aromatic nitrogens is 3. The summed E-state index contributed by atoms with van der Waals surface area (Å²) in [7, 11) is 1.81. The van der Waals surface area contributed by atoms with Crippen LogP contribution in [0.2, 0.25) is 0 Å². The minimum Gasteiger partial charge on any atom is -0.484 e. The van der Waals surface area contributed by atoms with Crippen LogP contribution in [0.25, 0.3) is 10.8 Å². The normalized spacial score (nSPS) is 10.7. The molecule has 0 bridgehead atoms. The highest BCUT2D eigenvalue weighted by Gasteiger charge is 2.15. The number of carboxylic acids is 1. The number of benzene rings is 2. The van der Waals surface area contributed by atoms with Crippen molar-refractivity contribution in [3.63, 3.8) is 0 Å². The largest absolute Gasteiger partial charge is 0.484 e. The van der Waals surface area contributed by atoms with E-state index in [1.165, 1.54) is 0 Å². The monoisotopic (exact) mass is 283 g/mol. The summed E-state index contributed by atoms with van der Waals surface area (Å²) in [6.45, 7) is 0.158. The van der Waals surface area contributed by atoms with Gasteiger partial charge in [0.15, 0.2) is 5.82 Å². The first kappa shape index (κ1) is 13.1. The van der Waals surface area contributed by atoms with Gasteiger partial charge in [0.05, 0.1) is 0 Å². The SMILES string of the molecule is Cn1cnnc1COc1c(C(=O)O)ccc2ccccc12. The number of hydrogen-bond donors (Lipinski definition) is 1. The predicted octanol–water partition coefficient (Wildman–Crippen LogP) is 2.25. The van der Waals surface area contributed by atoms with Crippen LogP contribution in [0.3, 0.4) is 0 Å². The fourth-order valence-electron chi connectivity index (χ4n) is 2.14. The Hall–Kier alpha value is -2.89. The Kier molecular flexibility index (Phi) is 3.27. The molecule has 0 aliphatic heterocycles. The summed E-state index contributed by atoms with van der Waals surface area (Å²) in [5, 5.41) is 18.7. The molecule has 3 aromatic rings. The van der Waals surface area contributed by atoms with E-state index in [4.69, 9.17) is 4.74 Å². The minimum absolute atomic E-state index is 0.135. The summed E-state index contributed by atoms with van der Waals surface area (Å²) in [4.78, 5) is 11.4. The van der Waals surface area contributed by atoms with E-state index in [2.05, 4.69) is 10.2 Å². The summed E-state index contributed by atoms with van der Waals surface area (Å²) < 4.78 is 7.46. The van der Waals surface area contributed by atoms with E-state index >= 15 is 0 Å². The van der Waals surface area contributed by atoms with Crippen molar-refractivity contribution in [1.82, 2.24) is 14.8 Å². The van der Waals surface area contributed by atoms with Crippen molar-refractivity contribution in [1.29, 1.82) is 0 Å². The fourth-order valence-corrected chi connectivity index (χ4v) is 2.14. The number of aromatic carboxylic acids is 1. The molecule has 0 atom stereocenters. The number of ether oxygens (including phenoxy) is 1. The molecule has 0 fully saturated rings. The second kappa shape index (κ2) is 5.24. The average Bonchev–Trinajstić information content (AvgIpc) is 2.89. The van der Waals surface area contributed by atoms with Gasteiger partial charge in [-0.2, -0.15) is 0 Å². The number of nitrogens with zero attached hydrogens (tertiary/aromatic N) is 3. The van der Waals surface area contributed by atoms with E-state index in [0.717, 1.165) is 10.8 Å². The van der Waals surface area contributed by atoms with Crippen LogP contribution in [0.4, 0.5) is 0 Å². The van der Waals surface area contributed by atoms with Crippen LogP contribution in [0, 0.1) is 0 Å². The summed E-state index contributed by atoms with van der Waals surface area (Å²) in [6, 6.07) is 10.8. The molecule has 0 spiro atoms. The van der Waals surface area contributed by atoms with E-state index < -0.39 is 5.97 Å². The van der Waals surface area contributed by atoms with E-state index in [1.54, 1.807) is 30.1 Å². The first-order valence-corrected chi connectivity index (χ1v) is 6.37. The smallest absolute Gasteiger partial charge is 0.339 e. The molecule has 2 aromatic carbocycles. The predicted molar refractivity (Wildman–Crippen MR) is 76.2 cm³/mol. The van der Waals surface area contributed by atoms with Crippen molar-refractivity contribution in [3.8, 4) is 5.75 Å². The summed E-state index contributed by atoms with van der Waals surface area (Å²) in [5.74, 6) is -0.0448. The van der Waals surface area contributed by atoms with Gasteiger partial charge in [0.25, 0.3) is 0 Å². The zero-order valence-electron chi connectivity index (χ0n) is 11.4. The van der Waals surface area contributed by atoms with Crippen LogP contribution < -0.4 is 4.74 Å². The van der Waals surface area contributed by atoms with E-state index in [1.807, 2.05) is 24.3 Å². The second-order valence-corrected chi connectivity index (χ2v) is 4.62. The minimum atomic E-state index is -1.02. The lowest BCUT2D eigenvalue weighted by Gasteiger charge is -2.12. The molecule has 6 nitrogen and oxygen atoms in total. The maximum atomic E-state index is 11.4. The van der Waals surface area contributed by atoms with Crippen LogP contribution >= 0.6 is 0 Å². The fraction of sp³-hybridized carbons (Fsp3) is 0.133. The molecule has 21 heavy (non-hydrogen) atoms. The maximum Gasteiger partial charge on any atom is 0.339 e. The van der Waals surface area contributed by atoms with Crippen molar-refractivity contribution in [2.45, 2.75) is 6.61 Å². The molecular weight excluding hydrogens is 270 g/mol. The third-order valence-electron chi connectivity index (χ3n) is 3.26. The molecule has 3 rings (SSSR count). The first-order valence-electron chi connectivity index (χ1n) is 6.37. The van der Waals surface area contributed by atoms with Gasteiger partial charge in [-0.15, -0.1) is 10.2 Å². The van der Waals surface area contributed by atoms with Crippen LogP contribution in [0.1, 0.15) is 16.2 Å². The molecule has 6 heteroatoms. The highest BCUT2D eigenvalue weighted by atomic mass is 16.5. The van der Waals surface area contributed by atoms with Gasteiger partial charge in [-0.25, -0.2) is 4.79 Å². The Labute approximate surface area is 120 Å².